The minimum absolute atomic E-state index is 0.165. The lowest BCUT2D eigenvalue weighted by molar-refractivity contribution is 0.0954. The molecule has 7 heteroatoms. The van der Waals surface area contributed by atoms with Gasteiger partial charge in [0.15, 0.2) is 0 Å². The highest BCUT2D eigenvalue weighted by molar-refractivity contribution is 9.11. The molecule has 1 unspecified atom stereocenters. The number of rotatable bonds is 10. The second-order valence-electron chi connectivity index (χ2n) is 9.87. The van der Waals surface area contributed by atoms with Crippen LogP contribution in [0.15, 0.2) is 124 Å². The van der Waals surface area contributed by atoms with Crippen LogP contribution in [0.5, 0.6) is 11.5 Å². The summed E-state index contributed by atoms with van der Waals surface area (Å²) in [6.45, 7) is 0.494. The number of ether oxygens (including phenoxy) is 1. The Morgan fingerprint density at radius 1 is 0.786 bits per heavy atom. The zero-order valence-corrected chi connectivity index (χ0v) is 25.8. The number of benzene rings is 5. The lowest BCUT2D eigenvalue weighted by atomic mass is 9.95. The molecular formula is C35H28Br2FN2O2. The minimum Gasteiger partial charge on any atom is -0.457 e. The van der Waals surface area contributed by atoms with Crippen LogP contribution < -0.4 is 15.8 Å². The summed E-state index contributed by atoms with van der Waals surface area (Å²) in [5, 5.41) is 3.00. The van der Waals surface area contributed by atoms with Crippen LogP contribution in [0.25, 0.3) is 11.1 Å². The van der Waals surface area contributed by atoms with Crippen molar-refractivity contribution in [3.05, 3.63) is 152 Å². The predicted molar refractivity (Wildman–Crippen MR) is 172 cm³/mol. The summed E-state index contributed by atoms with van der Waals surface area (Å²) in [5.41, 5.74) is 14.1. The molecule has 211 valence electrons. The van der Waals surface area contributed by atoms with E-state index in [2.05, 4.69) is 37.2 Å². The van der Waals surface area contributed by atoms with Crippen molar-refractivity contribution in [1.82, 2.24) is 11.1 Å². The minimum atomic E-state index is -0.526. The van der Waals surface area contributed by atoms with E-state index in [1.807, 2.05) is 78.9 Å². The number of carbonyl (C=O) groups excluding carboxylic acids is 1. The third-order valence-electron chi connectivity index (χ3n) is 6.88. The first kappa shape index (κ1) is 29.7. The Labute approximate surface area is 262 Å². The summed E-state index contributed by atoms with van der Waals surface area (Å²) < 4.78 is 20.7. The molecule has 0 bridgehead atoms. The maximum absolute atomic E-state index is 13.3. The van der Waals surface area contributed by atoms with Gasteiger partial charge < -0.3 is 10.1 Å². The Kier molecular flexibility index (Phi) is 9.85. The lowest BCUT2D eigenvalue weighted by Crippen LogP contribution is -2.25. The Hall–Kier alpha value is -3.78. The van der Waals surface area contributed by atoms with E-state index in [1.54, 1.807) is 24.3 Å². The van der Waals surface area contributed by atoms with Gasteiger partial charge in [-0.05, 0) is 95.3 Å². The van der Waals surface area contributed by atoms with Crippen molar-refractivity contribution in [2.45, 2.75) is 18.9 Å². The highest BCUT2D eigenvalue weighted by Crippen LogP contribution is 2.32. The van der Waals surface area contributed by atoms with Gasteiger partial charge in [0.05, 0.1) is 6.04 Å². The molecule has 0 aromatic heterocycles. The SMILES string of the molecule is [NH]C(Cc1c(Br)cc(C(=O)NCCc2ccc(Oc3ccccc3)cc2)cc1Br)c1cccc(-c2ccc(F)cc2)c1. The van der Waals surface area contributed by atoms with Crippen LogP contribution >= 0.6 is 31.9 Å². The van der Waals surface area contributed by atoms with Crippen molar-refractivity contribution in [3.63, 3.8) is 0 Å². The van der Waals surface area contributed by atoms with Crippen LogP contribution in [0.4, 0.5) is 4.39 Å². The first-order valence-electron chi connectivity index (χ1n) is 13.5. The number of carbonyl (C=O) groups is 1. The van der Waals surface area contributed by atoms with Crippen LogP contribution in [0.1, 0.15) is 33.1 Å². The molecule has 42 heavy (non-hydrogen) atoms. The van der Waals surface area contributed by atoms with E-state index < -0.39 is 6.04 Å². The van der Waals surface area contributed by atoms with Gasteiger partial charge >= 0.3 is 0 Å². The third-order valence-corrected chi connectivity index (χ3v) is 8.29. The number of para-hydroxylation sites is 1. The molecule has 0 saturated carbocycles. The molecule has 5 aromatic carbocycles. The number of hydrogen-bond donors (Lipinski definition) is 1. The van der Waals surface area contributed by atoms with Gasteiger partial charge in [-0.15, -0.1) is 0 Å². The standard InChI is InChI=1S/C35H28Br2FN2O2/c36-32-20-27(35(41)40-18-17-23-9-15-30(16-10-23)42-29-7-2-1-3-8-29)21-33(37)31(32)22-34(39)26-6-4-5-25(19-26)24-11-13-28(38)14-12-24/h1-16,19-21,34,39H,17-18,22H2,(H,40,41). The highest BCUT2D eigenvalue weighted by atomic mass is 79.9. The molecule has 1 atom stereocenters. The summed E-state index contributed by atoms with van der Waals surface area (Å²) in [6.07, 6.45) is 1.13. The monoisotopic (exact) mass is 685 g/mol. The average molecular weight is 687 g/mol. The average Bonchev–Trinajstić information content (AvgIpc) is 3.00. The van der Waals surface area contributed by atoms with Crippen molar-refractivity contribution >= 4 is 37.8 Å². The highest BCUT2D eigenvalue weighted by Gasteiger charge is 2.17. The summed E-state index contributed by atoms with van der Waals surface area (Å²) >= 11 is 7.24. The Bertz CT molecular complexity index is 1640. The molecule has 0 saturated heterocycles. The van der Waals surface area contributed by atoms with E-state index >= 15 is 0 Å². The molecule has 0 aliphatic carbocycles. The van der Waals surface area contributed by atoms with Gasteiger partial charge in [0.2, 0.25) is 0 Å². The van der Waals surface area contributed by atoms with Crippen LogP contribution in [-0.4, -0.2) is 12.5 Å². The van der Waals surface area contributed by atoms with Crippen molar-refractivity contribution in [2.75, 3.05) is 6.54 Å². The molecule has 1 amide bonds. The Morgan fingerprint density at radius 3 is 2.14 bits per heavy atom. The van der Waals surface area contributed by atoms with E-state index in [0.29, 0.717) is 24.9 Å². The van der Waals surface area contributed by atoms with E-state index in [4.69, 9.17) is 10.5 Å². The number of hydrogen-bond acceptors (Lipinski definition) is 2. The van der Waals surface area contributed by atoms with E-state index in [0.717, 1.165) is 48.3 Å². The number of halogens is 3. The van der Waals surface area contributed by atoms with Gasteiger partial charge in [0.25, 0.3) is 5.91 Å². The summed E-state index contributed by atoms with van der Waals surface area (Å²) in [4.78, 5) is 12.9. The molecule has 0 aliphatic heterocycles. The van der Waals surface area contributed by atoms with Crippen LogP contribution in [0, 0.1) is 5.82 Å². The quantitative estimate of drug-likeness (QED) is 0.159. The largest absolute Gasteiger partial charge is 0.457 e. The Balaban J connectivity index is 1.17. The van der Waals surface area contributed by atoms with Crippen molar-refractivity contribution in [1.29, 1.82) is 0 Å². The summed E-state index contributed by atoms with van der Waals surface area (Å²) in [6, 6.07) is 34.7. The topological polar surface area (TPSA) is 62.1 Å². The van der Waals surface area contributed by atoms with Gasteiger partial charge in [-0.1, -0.05) is 92.5 Å². The zero-order valence-electron chi connectivity index (χ0n) is 22.6. The zero-order chi connectivity index (χ0) is 29.5. The fourth-order valence-electron chi connectivity index (χ4n) is 4.60. The van der Waals surface area contributed by atoms with E-state index in [9.17, 15) is 9.18 Å². The van der Waals surface area contributed by atoms with Gasteiger partial charge in [0.1, 0.15) is 17.3 Å². The van der Waals surface area contributed by atoms with Gasteiger partial charge in [0, 0.05) is 21.1 Å². The molecule has 1 radical (unpaired) electrons. The molecule has 0 heterocycles. The Morgan fingerprint density at radius 2 is 1.45 bits per heavy atom. The fourth-order valence-corrected chi connectivity index (χ4v) is 6.11. The molecule has 4 nitrogen and oxygen atoms in total. The van der Waals surface area contributed by atoms with Crippen LogP contribution in [-0.2, 0) is 12.8 Å². The van der Waals surface area contributed by atoms with Gasteiger partial charge in [-0.3, -0.25) is 4.79 Å². The second-order valence-corrected chi connectivity index (χ2v) is 11.6. The molecule has 0 fully saturated rings. The van der Waals surface area contributed by atoms with Crippen molar-refractivity contribution < 1.29 is 13.9 Å². The smallest absolute Gasteiger partial charge is 0.251 e. The van der Waals surface area contributed by atoms with Crippen LogP contribution in [0.2, 0.25) is 0 Å². The van der Waals surface area contributed by atoms with E-state index in [-0.39, 0.29) is 11.7 Å². The van der Waals surface area contributed by atoms with Crippen molar-refractivity contribution in [3.8, 4) is 22.6 Å². The maximum atomic E-state index is 13.3. The first-order valence-corrected chi connectivity index (χ1v) is 15.1. The van der Waals surface area contributed by atoms with Crippen molar-refractivity contribution in [2.24, 2.45) is 0 Å². The fraction of sp³-hybridized carbons (Fsp3) is 0.114. The second kappa shape index (κ2) is 13.9. The third kappa shape index (κ3) is 7.73. The number of nitrogens with one attached hydrogen (secondary N) is 2. The molecule has 2 N–H and O–H groups in total. The molecule has 5 aromatic rings. The summed E-state index contributed by atoms with van der Waals surface area (Å²) in [7, 11) is 0. The summed E-state index contributed by atoms with van der Waals surface area (Å²) in [5.74, 6) is 1.11. The molecule has 5 rings (SSSR count). The normalized spacial score (nSPS) is 11.6. The molecular weight excluding hydrogens is 659 g/mol. The van der Waals surface area contributed by atoms with Gasteiger partial charge in [-0.25, -0.2) is 10.1 Å². The van der Waals surface area contributed by atoms with E-state index in [1.165, 1.54) is 12.1 Å². The lowest BCUT2D eigenvalue weighted by Gasteiger charge is -2.16. The predicted octanol–water partition coefficient (Wildman–Crippen LogP) is 9.35. The number of amides is 1. The molecule has 0 aliphatic rings. The molecule has 0 spiro atoms. The maximum Gasteiger partial charge on any atom is 0.251 e. The van der Waals surface area contributed by atoms with Gasteiger partial charge in [-0.2, -0.15) is 0 Å². The first-order chi connectivity index (χ1) is 20.4. The van der Waals surface area contributed by atoms with Crippen LogP contribution in [0.3, 0.4) is 0 Å².